The zero-order valence-corrected chi connectivity index (χ0v) is 8.53. The smallest absolute Gasteiger partial charge is 0.306 e. The molecule has 12 heavy (non-hydrogen) atoms. The number of methoxy groups -OCH3 is 1. The monoisotopic (exact) mass is 186 g/mol. The van der Waals surface area contributed by atoms with Crippen molar-refractivity contribution in [2.75, 3.05) is 12.9 Å². The van der Waals surface area contributed by atoms with Gasteiger partial charge in [0.25, 0.3) is 0 Å². The highest BCUT2D eigenvalue weighted by Gasteiger charge is 2.07. The molecule has 0 bridgehead atoms. The fourth-order valence-electron chi connectivity index (χ4n) is 0.633. The first-order chi connectivity index (χ1) is 5.70. The van der Waals surface area contributed by atoms with Gasteiger partial charge in [0.2, 0.25) is 0 Å². The van der Waals surface area contributed by atoms with Crippen LogP contribution in [-0.2, 0) is 9.53 Å². The largest absolute Gasteiger partial charge is 0.469 e. The van der Waals surface area contributed by atoms with Gasteiger partial charge in [0.15, 0.2) is 0 Å². The van der Waals surface area contributed by atoms with Gasteiger partial charge >= 0.3 is 5.97 Å². The third-order valence-corrected chi connectivity index (χ3v) is 2.35. The number of carbonyl (C=O) groups is 1. The summed E-state index contributed by atoms with van der Waals surface area (Å²) in [6, 6.07) is 0. The molecule has 0 amide bonds. The summed E-state index contributed by atoms with van der Waals surface area (Å²) < 4.78 is 4.54. The third-order valence-electron chi connectivity index (χ3n) is 1.30. The number of rotatable bonds is 4. The first kappa shape index (κ1) is 11.4. The maximum absolute atomic E-state index is 10.8. The number of hydrogen-bond acceptors (Lipinski definition) is 3. The van der Waals surface area contributed by atoms with Gasteiger partial charge in [-0.25, -0.2) is 0 Å². The van der Waals surface area contributed by atoms with Crippen LogP contribution in [0.15, 0.2) is 0 Å². The second-order valence-corrected chi connectivity index (χ2v) is 3.76. The first-order valence-corrected chi connectivity index (χ1v) is 4.83. The van der Waals surface area contributed by atoms with E-state index in [-0.39, 0.29) is 5.97 Å². The highest BCUT2D eigenvalue weighted by molar-refractivity contribution is 8.00. The van der Waals surface area contributed by atoms with Crippen molar-refractivity contribution >= 4 is 17.7 Å². The number of carbonyl (C=O) groups excluding carboxylic acids is 1. The molecule has 0 aliphatic rings. The highest BCUT2D eigenvalue weighted by atomic mass is 32.2. The van der Waals surface area contributed by atoms with Crippen LogP contribution < -0.4 is 0 Å². The fraction of sp³-hybridized carbons (Fsp3) is 0.667. The van der Waals surface area contributed by atoms with Crippen molar-refractivity contribution in [3.63, 3.8) is 0 Å². The van der Waals surface area contributed by atoms with Crippen molar-refractivity contribution in [1.82, 2.24) is 0 Å². The molecule has 2 nitrogen and oxygen atoms in total. The summed E-state index contributed by atoms with van der Waals surface area (Å²) in [6.07, 6.45) is 0.465. The lowest BCUT2D eigenvalue weighted by atomic mass is 10.3. The van der Waals surface area contributed by atoms with Crippen molar-refractivity contribution in [1.29, 1.82) is 0 Å². The lowest BCUT2D eigenvalue weighted by Gasteiger charge is -2.06. The summed E-state index contributed by atoms with van der Waals surface area (Å²) in [7, 11) is 1.41. The molecule has 3 heteroatoms. The number of ether oxygens (including phenoxy) is 1. The zero-order valence-electron chi connectivity index (χ0n) is 7.72. The predicted molar refractivity (Wildman–Crippen MR) is 52.0 cm³/mol. The standard InChI is InChI=1S/C9H14O2S/c1-4-5-6-12-8(2)7-9(10)11-3/h8H,6-7H2,1-3H3. The molecule has 0 aromatic carbocycles. The molecule has 0 spiro atoms. The Morgan fingerprint density at radius 2 is 2.33 bits per heavy atom. The van der Waals surface area contributed by atoms with E-state index in [1.54, 1.807) is 11.8 Å². The topological polar surface area (TPSA) is 26.3 Å². The van der Waals surface area contributed by atoms with Gasteiger partial charge in [0.05, 0.1) is 19.3 Å². The molecular formula is C9H14O2S. The summed E-state index contributed by atoms with van der Waals surface area (Å²) in [5.74, 6) is 6.37. The molecule has 1 unspecified atom stereocenters. The Kier molecular flexibility index (Phi) is 6.69. The van der Waals surface area contributed by atoms with Crippen molar-refractivity contribution in [2.24, 2.45) is 0 Å². The van der Waals surface area contributed by atoms with Crippen LogP contribution in [0, 0.1) is 11.8 Å². The molecule has 0 aliphatic carbocycles. The van der Waals surface area contributed by atoms with Gasteiger partial charge < -0.3 is 4.74 Å². The molecule has 1 atom stereocenters. The van der Waals surface area contributed by atoms with Gasteiger partial charge in [0.1, 0.15) is 0 Å². The summed E-state index contributed by atoms with van der Waals surface area (Å²) in [5, 5.41) is 0.290. The Bertz CT molecular complexity index is 190. The van der Waals surface area contributed by atoms with E-state index in [2.05, 4.69) is 16.6 Å². The number of esters is 1. The summed E-state index contributed by atoms with van der Waals surface area (Å²) in [6.45, 7) is 3.81. The van der Waals surface area contributed by atoms with Crippen LogP contribution in [0.2, 0.25) is 0 Å². The van der Waals surface area contributed by atoms with Crippen molar-refractivity contribution in [3.8, 4) is 11.8 Å². The minimum Gasteiger partial charge on any atom is -0.469 e. The molecule has 0 aromatic heterocycles. The fourth-order valence-corrected chi connectivity index (χ4v) is 1.40. The van der Waals surface area contributed by atoms with Gasteiger partial charge in [-0.3, -0.25) is 4.79 Å². The Morgan fingerprint density at radius 3 is 2.83 bits per heavy atom. The van der Waals surface area contributed by atoms with Crippen LogP contribution >= 0.6 is 11.8 Å². The van der Waals surface area contributed by atoms with E-state index in [1.165, 1.54) is 7.11 Å². The van der Waals surface area contributed by atoms with E-state index in [0.29, 0.717) is 11.7 Å². The van der Waals surface area contributed by atoms with Crippen LogP contribution in [0.3, 0.4) is 0 Å². The molecule has 68 valence electrons. The SMILES string of the molecule is CC#CCSC(C)CC(=O)OC. The molecule has 0 saturated heterocycles. The Hall–Kier alpha value is -0.620. The van der Waals surface area contributed by atoms with E-state index >= 15 is 0 Å². The van der Waals surface area contributed by atoms with E-state index in [0.717, 1.165) is 5.75 Å². The van der Waals surface area contributed by atoms with E-state index < -0.39 is 0 Å². The van der Waals surface area contributed by atoms with Gasteiger partial charge in [-0.1, -0.05) is 12.8 Å². The first-order valence-electron chi connectivity index (χ1n) is 3.78. The zero-order chi connectivity index (χ0) is 9.40. The Balaban J connectivity index is 3.49. The molecule has 0 heterocycles. The lowest BCUT2D eigenvalue weighted by Crippen LogP contribution is -2.08. The lowest BCUT2D eigenvalue weighted by molar-refractivity contribution is -0.140. The maximum atomic E-state index is 10.8. The average Bonchev–Trinajstić information content (AvgIpc) is 2.05. The number of hydrogen-bond donors (Lipinski definition) is 0. The second kappa shape index (κ2) is 7.05. The van der Waals surface area contributed by atoms with Gasteiger partial charge in [0, 0.05) is 5.25 Å². The highest BCUT2D eigenvalue weighted by Crippen LogP contribution is 2.13. The maximum Gasteiger partial charge on any atom is 0.306 e. The van der Waals surface area contributed by atoms with Crippen molar-refractivity contribution in [3.05, 3.63) is 0 Å². The van der Waals surface area contributed by atoms with E-state index in [4.69, 9.17) is 0 Å². The Morgan fingerprint density at radius 1 is 1.67 bits per heavy atom. The molecule has 0 aromatic rings. The van der Waals surface area contributed by atoms with Crippen molar-refractivity contribution in [2.45, 2.75) is 25.5 Å². The molecule has 0 saturated carbocycles. The number of thioether (sulfide) groups is 1. The molecule has 0 rings (SSSR count). The summed E-state index contributed by atoms with van der Waals surface area (Å²) in [4.78, 5) is 10.8. The third kappa shape index (κ3) is 6.11. The van der Waals surface area contributed by atoms with Gasteiger partial charge in [-0.2, -0.15) is 0 Å². The average molecular weight is 186 g/mol. The quantitative estimate of drug-likeness (QED) is 0.494. The minimum atomic E-state index is -0.153. The van der Waals surface area contributed by atoms with Crippen LogP contribution in [0.4, 0.5) is 0 Å². The normalized spacial score (nSPS) is 11.2. The van der Waals surface area contributed by atoms with Crippen LogP contribution in [0.1, 0.15) is 20.3 Å². The molecule has 0 radical (unpaired) electrons. The summed E-state index contributed by atoms with van der Waals surface area (Å²) >= 11 is 1.67. The van der Waals surface area contributed by atoms with E-state index in [1.807, 2.05) is 13.8 Å². The molecule has 0 N–H and O–H groups in total. The van der Waals surface area contributed by atoms with Crippen molar-refractivity contribution < 1.29 is 9.53 Å². The predicted octanol–water partition coefficient (Wildman–Crippen LogP) is 1.69. The molecule has 0 fully saturated rings. The van der Waals surface area contributed by atoms with Crippen LogP contribution in [0.25, 0.3) is 0 Å². The summed E-state index contributed by atoms with van der Waals surface area (Å²) in [5.41, 5.74) is 0. The minimum absolute atomic E-state index is 0.153. The van der Waals surface area contributed by atoms with E-state index in [9.17, 15) is 4.79 Å². The second-order valence-electron chi connectivity index (χ2n) is 2.33. The van der Waals surface area contributed by atoms with Gasteiger partial charge in [-0.05, 0) is 6.92 Å². The molecular weight excluding hydrogens is 172 g/mol. The Labute approximate surface area is 78.1 Å². The van der Waals surface area contributed by atoms with Crippen LogP contribution in [-0.4, -0.2) is 24.1 Å². The van der Waals surface area contributed by atoms with Gasteiger partial charge in [-0.15, -0.1) is 17.7 Å². The van der Waals surface area contributed by atoms with Crippen LogP contribution in [0.5, 0.6) is 0 Å². The molecule has 0 aliphatic heterocycles.